The Bertz CT molecular complexity index is 507. The van der Waals surface area contributed by atoms with Gasteiger partial charge in [-0.2, -0.15) is 0 Å². The van der Waals surface area contributed by atoms with E-state index in [1.54, 1.807) is 25.1 Å². The lowest BCUT2D eigenvalue weighted by Gasteiger charge is -2.37. The lowest BCUT2D eigenvalue weighted by atomic mass is 10.0. The lowest BCUT2D eigenvalue weighted by molar-refractivity contribution is 0.0827. The molecule has 0 atom stereocenters. The molecular weight excluding hydrogens is 264 g/mol. The van der Waals surface area contributed by atoms with Gasteiger partial charge in [0.25, 0.3) is 5.91 Å². The number of nitrogen functional groups attached to an aromatic ring is 1. The Hall–Kier alpha value is -1.75. The van der Waals surface area contributed by atoms with Crippen LogP contribution < -0.4 is 10.6 Å². The first kappa shape index (κ1) is 15.6. The van der Waals surface area contributed by atoms with Gasteiger partial charge in [-0.1, -0.05) is 0 Å². The molecule has 0 spiro atoms. The molecule has 1 aliphatic heterocycles. The molecule has 0 unspecified atom stereocenters. The summed E-state index contributed by atoms with van der Waals surface area (Å²) in [5, 5.41) is 0. The van der Waals surface area contributed by atoms with Crippen molar-refractivity contribution in [2.75, 3.05) is 51.9 Å². The summed E-state index contributed by atoms with van der Waals surface area (Å²) in [6, 6.07) is 6.02. The van der Waals surface area contributed by atoms with Crippen LogP contribution in [0.1, 0.15) is 23.2 Å². The number of nitrogens with two attached hydrogens (primary N) is 1. The van der Waals surface area contributed by atoms with Gasteiger partial charge in [0.1, 0.15) is 0 Å². The first-order chi connectivity index (χ1) is 9.90. The first-order valence-corrected chi connectivity index (χ1v) is 7.42. The van der Waals surface area contributed by atoms with Crippen LogP contribution in [0.15, 0.2) is 18.2 Å². The molecular formula is C16H26N4O. The quantitative estimate of drug-likeness (QED) is 0.857. The van der Waals surface area contributed by atoms with E-state index in [2.05, 4.69) is 23.9 Å². The average Bonchev–Trinajstić information content (AvgIpc) is 2.47. The summed E-state index contributed by atoms with van der Waals surface area (Å²) in [4.78, 5) is 18.3. The second-order valence-electron chi connectivity index (χ2n) is 6.12. The summed E-state index contributed by atoms with van der Waals surface area (Å²) < 4.78 is 0. The number of hydrogen-bond donors (Lipinski definition) is 1. The summed E-state index contributed by atoms with van der Waals surface area (Å²) in [6.45, 7) is 2.20. The monoisotopic (exact) mass is 290 g/mol. The number of hydrogen-bond acceptors (Lipinski definition) is 4. The summed E-state index contributed by atoms with van der Waals surface area (Å²) >= 11 is 0. The molecule has 5 heteroatoms. The van der Waals surface area contributed by atoms with E-state index in [1.165, 1.54) is 0 Å². The van der Waals surface area contributed by atoms with Crippen molar-refractivity contribution in [2.24, 2.45) is 0 Å². The van der Waals surface area contributed by atoms with Crippen molar-refractivity contribution in [1.82, 2.24) is 9.80 Å². The van der Waals surface area contributed by atoms with Crippen LogP contribution in [0.4, 0.5) is 11.4 Å². The second kappa shape index (κ2) is 6.35. The van der Waals surface area contributed by atoms with Crippen LogP contribution in [-0.4, -0.2) is 63.0 Å². The molecule has 116 valence electrons. The highest BCUT2D eigenvalue weighted by atomic mass is 16.2. The van der Waals surface area contributed by atoms with Gasteiger partial charge in [0.05, 0.1) is 11.4 Å². The molecule has 0 radical (unpaired) electrons. The van der Waals surface area contributed by atoms with Crippen molar-refractivity contribution in [3.63, 3.8) is 0 Å². The zero-order valence-corrected chi connectivity index (χ0v) is 13.5. The summed E-state index contributed by atoms with van der Waals surface area (Å²) in [6.07, 6.45) is 2.25. The molecule has 0 aromatic heterocycles. The van der Waals surface area contributed by atoms with Crippen LogP contribution in [0, 0.1) is 0 Å². The number of carbonyl (C=O) groups excluding carboxylic acids is 1. The zero-order valence-electron chi connectivity index (χ0n) is 13.5. The lowest BCUT2D eigenvalue weighted by Crippen LogP contribution is -2.42. The van der Waals surface area contributed by atoms with Crippen molar-refractivity contribution >= 4 is 17.3 Å². The van der Waals surface area contributed by atoms with Gasteiger partial charge in [0.2, 0.25) is 0 Å². The van der Waals surface area contributed by atoms with E-state index in [0.717, 1.165) is 37.3 Å². The summed E-state index contributed by atoms with van der Waals surface area (Å²) in [7, 11) is 7.75. The molecule has 1 aromatic carbocycles. The molecule has 0 bridgehead atoms. The second-order valence-corrected chi connectivity index (χ2v) is 6.12. The number of benzene rings is 1. The van der Waals surface area contributed by atoms with E-state index in [4.69, 9.17) is 5.73 Å². The molecule has 0 saturated carbocycles. The molecule has 5 nitrogen and oxygen atoms in total. The predicted octanol–water partition coefficient (Wildman–Crippen LogP) is 1.50. The maximum atomic E-state index is 12.1. The van der Waals surface area contributed by atoms with Gasteiger partial charge < -0.3 is 20.4 Å². The van der Waals surface area contributed by atoms with Gasteiger partial charge in [0.15, 0.2) is 0 Å². The molecule has 0 aliphatic carbocycles. The topological polar surface area (TPSA) is 52.8 Å². The molecule has 1 fully saturated rings. The van der Waals surface area contributed by atoms with E-state index < -0.39 is 0 Å². The van der Waals surface area contributed by atoms with Gasteiger partial charge >= 0.3 is 0 Å². The maximum absolute atomic E-state index is 12.1. The van der Waals surface area contributed by atoms with Crippen LogP contribution in [-0.2, 0) is 0 Å². The third-order valence-electron chi connectivity index (χ3n) is 4.30. The van der Waals surface area contributed by atoms with Crippen molar-refractivity contribution < 1.29 is 4.79 Å². The van der Waals surface area contributed by atoms with Crippen LogP contribution in [0.5, 0.6) is 0 Å². The SMILES string of the molecule is CN1CCC(N(C)c2cc(C(=O)N(C)C)ccc2N)CC1. The van der Waals surface area contributed by atoms with Crippen LogP contribution >= 0.6 is 0 Å². The van der Waals surface area contributed by atoms with E-state index in [9.17, 15) is 4.79 Å². The van der Waals surface area contributed by atoms with E-state index >= 15 is 0 Å². The van der Waals surface area contributed by atoms with Crippen molar-refractivity contribution in [3.8, 4) is 0 Å². The third-order valence-corrected chi connectivity index (χ3v) is 4.30. The minimum atomic E-state index is 0.00743. The Labute approximate surface area is 127 Å². The number of anilines is 2. The van der Waals surface area contributed by atoms with Gasteiger partial charge in [-0.25, -0.2) is 0 Å². The smallest absolute Gasteiger partial charge is 0.253 e. The molecule has 1 aliphatic rings. The Balaban J connectivity index is 2.22. The van der Waals surface area contributed by atoms with Crippen molar-refractivity contribution in [2.45, 2.75) is 18.9 Å². The third kappa shape index (κ3) is 3.47. The van der Waals surface area contributed by atoms with Crippen LogP contribution in [0.25, 0.3) is 0 Å². The molecule has 1 aromatic rings. The van der Waals surface area contributed by atoms with Gasteiger partial charge in [-0.05, 0) is 51.2 Å². The fourth-order valence-electron chi connectivity index (χ4n) is 2.82. The van der Waals surface area contributed by atoms with Crippen LogP contribution in [0.3, 0.4) is 0 Å². The number of rotatable bonds is 3. The van der Waals surface area contributed by atoms with E-state index in [-0.39, 0.29) is 5.91 Å². The summed E-state index contributed by atoms with van der Waals surface area (Å²) in [5.41, 5.74) is 8.49. The zero-order chi connectivity index (χ0) is 15.6. The number of carbonyl (C=O) groups is 1. The van der Waals surface area contributed by atoms with Crippen LogP contribution in [0.2, 0.25) is 0 Å². The fourth-order valence-corrected chi connectivity index (χ4v) is 2.82. The Morgan fingerprint density at radius 2 is 1.86 bits per heavy atom. The Morgan fingerprint density at radius 3 is 2.43 bits per heavy atom. The van der Waals surface area contributed by atoms with Crippen molar-refractivity contribution in [1.29, 1.82) is 0 Å². The number of nitrogens with zero attached hydrogens (tertiary/aromatic N) is 3. The van der Waals surface area contributed by atoms with Gasteiger partial charge in [-0.3, -0.25) is 4.79 Å². The maximum Gasteiger partial charge on any atom is 0.253 e. The normalized spacial score (nSPS) is 16.8. The largest absolute Gasteiger partial charge is 0.397 e. The molecule has 1 saturated heterocycles. The highest BCUT2D eigenvalue weighted by Crippen LogP contribution is 2.28. The van der Waals surface area contributed by atoms with Crippen molar-refractivity contribution in [3.05, 3.63) is 23.8 Å². The summed E-state index contributed by atoms with van der Waals surface area (Å²) in [5.74, 6) is 0.00743. The fraction of sp³-hybridized carbons (Fsp3) is 0.562. The number of piperidine rings is 1. The van der Waals surface area contributed by atoms with E-state index in [1.807, 2.05) is 12.1 Å². The van der Waals surface area contributed by atoms with Gasteiger partial charge in [-0.15, -0.1) is 0 Å². The molecule has 2 N–H and O–H groups in total. The highest BCUT2D eigenvalue weighted by molar-refractivity contribution is 5.96. The Morgan fingerprint density at radius 1 is 1.24 bits per heavy atom. The minimum absolute atomic E-state index is 0.00743. The standard InChI is InChI=1S/C16H26N4O/c1-18(2)16(21)12-5-6-14(17)15(11-12)20(4)13-7-9-19(3)10-8-13/h5-6,11,13H,7-10,17H2,1-4H3. The molecule has 21 heavy (non-hydrogen) atoms. The first-order valence-electron chi connectivity index (χ1n) is 7.42. The molecule has 2 rings (SSSR count). The predicted molar refractivity (Wildman–Crippen MR) is 87.8 cm³/mol. The minimum Gasteiger partial charge on any atom is -0.397 e. The van der Waals surface area contributed by atoms with Gasteiger partial charge in [0, 0.05) is 32.7 Å². The number of likely N-dealkylation sites (tertiary alicyclic amines) is 1. The van der Waals surface area contributed by atoms with E-state index in [0.29, 0.717) is 11.6 Å². The molecule has 1 amide bonds. The molecule has 1 heterocycles. The number of amides is 1. The average molecular weight is 290 g/mol. The Kier molecular flexibility index (Phi) is 4.73. The highest BCUT2D eigenvalue weighted by Gasteiger charge is 2.22.